The van der Waals surface area contributed by atoms with Gasteiger partial charge in [0.25, 0.3) is 5.91 Å². The molecule has 1 saturated heterocycles. The number of rotatable bonds is 3. The molecular formula is C15H16N2O4S. The maximum Gasteiger partial charge on any atom is 0.289 e. The van der Waals surface area contributed by atoms with Gasteiger partial charge in [-0.1, -0.05) is 0 Å². The second-order valence-corrected chi connectivity index (χ2v) is 6.79. The minimum Gasteiger partial charge on any atom is -0.451 e. The summed E-state index contributed by atoms with van der Waals surface area (Å²) in [7, 11) is -3.71. The zero-order chi connectivity index (χ0) is 15.7. The highest BCUT2D eigenvalue weighted by Gasteiger charge is 2.22. The van der Waals surface area contributed by atoms with Crippen molar-refractivity contribution in [1.29, 1.82) is 0 Å². The molecule has 116 valence electrons. The van der Waals surface area contributed by atoms with Crippen molar-refractivity contribution in [3.8, 4) is 11.3 Å². The van der Waals surface area contributed by atoms with Crippen LogP contribution in [0, 0.1) is 0 Å². The minimum absolute atomic E-state index is 0.0381. The number of carbonyl (C=O) groups is 1. The lowest BCUT2D eigenvalue weighted by Crippen LogP contribution is -2.27. The Balaban J connectivity index is 1.83. The average Bonchev–Trinajstić information content (AvgIpc) is 3.17. The van der Waals surface area contributed by atoms with Crippen molar-refractivity contribution in [3.63, 3.8) is 0 Å². The van der Waals surface area contributed by atoms with Crippen molar-refractivity contribution in [2.75, 3.05) is 13.1 Å². The zero-order valence-corrected chi connectivity index (χ0v) is 12.7. The predicted octanol–water partition coefficient (Wildman–Crippen LogP) is 1.83. The number of hydrogen-bond acceptors (Lipinski definition) is 4. The van der Waals surface area contributed by atoms with E-state index in [1.54, 1.807) is 29.2 Å². The number of nitrogens with two attached hydrogens (primary N) is 1. The number of furan rings is 1. The predicted molar refractivity (Wildman–Crippen MR) is 80.7 cm³/mol. The molecule has 3 rings (SSSR count). The van der Waals surface area contributed by atoms with Gasteiger partial charge in [0.15, 0.2) is 5.76 Å². The Bertz CT molecular complexity index is 787. The largest absolute Gasteiger partial charge is 0.451 e. The van der Waals surface area contributed by atoms with Crippen molar-refractivity contribution in [3.05, 3.63) is 42.2 Å². The van der Waals surface area contributed by atoms with Crippen LogP contribution >= 0.6 is 0 Å². The first kappa shape index (κ1) is 14.8. The first-order valence-electron chi connectivity index (χ1n) is 6.97. The fraction of sp³-hybridized carbons (Fsp3) is 0.267. The molecule has 2 aromatic rings. The first-order chi connectivity index (χ1) is 10.4. The Morgan fingerprint density at radius 2 is 1.68 bits per heavy atom. The normalized spacial score (nSPS) is 15.2. The monoisotopic (exact) mass is 320 g/mol. The van der Waals surface area contributed by atoms with E-state index < -0.39 is 10.0 Å². The molecule has 6 nitrogen and oxygen atoms in total. The highest BCUT2D eigenvalue weighted by atomic mass is 32.2. The van der Waals surface area contributed by atoms with E-state index in [4.69, 9.17) is 9.56 Å². The molecule has 0 atom stereocenters. The fourth-order valence-electron chi connectivity index (χ4n) is 2.49. The van der Waals surface area contributed by atoms with Gasteiger partial charge in [0.1, 0.15) is 5.76 Å². The number of hydrogen-bond donors (Lipinski definition) is 1. The molecule has 0 spiro atoms. The number of primary sulfonamides is 1. The van der Waals surface area contributed by atoms with Gasteiger partial charge in [0.05, 0.1) is 4.90 Å². The summed E-state index contributed by atoms with van der Waals surface area (Å²) in [5, 5.41) is 5.06. The smallest absolute Gasteiger partial charge is 0.289 e. The van der Waals surface area contributed by atoms with Gasteiger partial charge in [-0.25, -0.2) is 13.6 Å². The van der Waals surface area contributed by atoms with Crippen molar-refractivity contribution >= 4 is 15.9 Å². The standard InChI is InChI=1S/C15H16N2O4S/c16-22(19,20)12-5-3-11(4-6-12)13-7-8-14(21-13)15(18)17-9-1-2-10-17/h3-8H,1-2,9-10H2,(H2,16,19,20). The van der Waals surface area contributed by atoms with Crippen LogP contribution in [0.15, 0.2) is 45.7 Å². The van der Waals surface area contributed by atoms with Gasteiger partial charge in [-0.2, -0.15) is 0 Å². The number of likely N-dealkylation sites (tertiary alicyclic amines) is 1. The summed E-state index contributed by atoms with van der Waals surface area (Å²) in [6.45, 7) is 1.52. The molecule has 2 heterocycles. The first-order valence-corrected chi connectivity index (χ1v) is 8.52. The second-order valence-electron chi connectivity index (χ2n) is 5.23. The average molecular weight is 320 g/mol. The summed E-state index contributed by atoms with van der Waals surface area (Å²) in [5.41, 5.74) is 0.688. The van der Waals surface area contributed by atoms with Gasteiger partial charge in [0.2, 0.25) is 10.0 Å². The molecule has 2 N–H and O–H groups in total. The topological polar surface area (TPSA) is 93.6 Å². The molecule has 0 radical (unpaired) electrons. The molecule has 1 amide bonds. The van der Waals surface area contributed by atoms with Gasteiger partial charge in [-0.3, -0.25) is 4.79 Å². The number of benzene rings is 1. The van der Waals surface area contributed by atoms with E-state index in [-0.39, 0.29) is 10.8 Å². The van der Waals surface area contributed by atoms with Gasteiger partial charge < -0.3 is 9.32 Å². The van der Waals surface area contributed by atoms with E-state index in [1.165, 1.54) is 12.1 Å². The highest BCUT2D eigenvalue weighted by Crippen LogP contribution is 2.24. The molecule has 0 unspecified atom stereocenters. The molecule has 0 saturated carbocycles. The van der Waals surface area contributed by atoms with E-state index in [9.17, 15) is 13.2 Å². The van der Waals surface area contributed by atoms with Gasteiger partial charge >= 0.3 is 0 Å². The molecule has 7 heteroatoms. The van der Waals surface area contributed by atoms with Crippen LogP contribution in [0.2, 0.25) is 0 Å². The molecule has 0 bridgehead atoms. The van der Waals surface area contributed by atoms with Gasteiger partial charge in [0, 0.05) is 18.7 Å². The van der Waals surface area contributed by atoms with Crippen molar-refractivity contribution < 1.29 is 17.6 Å². The Morgan fingerprint density at radius 1 is 1.05 bits per heavy atom. The Labute approximate surface area is 128 Å². The molecule has 22 heavy (non-hydrogen) atoms. The maximum atomic E-state index is 12.2. The third-order valence-electron chi connectivity index (χ3n) is 3.68. The van der Waals surface area contributed by atoms with Crippen LogP contribution in [0.5, 0.6) is 0 Å². The van der Waals surface area contributed by atoms with Crippen LogP contribution < -0.4 is 5.14 Å². The molecular weight excluding hydrogens is 304 g/mol. The second kappa shape index (κ2) is 5.58. The quantitative estimate of drug-likeness (QED) is 0.933. The van der Waals surface area contributed by atoms with Crippen LogP contribution in [0.4, 0.5) is 0 Å². The lowest BCUT2D eigenvalue weighted by Gasteiger charge is -2.12. The van der Waals surface area contributed by atoms with Gasteiger partial charge in [-0.05, 0) is 49.2 Å². The lowest BCUT2D eigenvalue weighted by atomic mass is 10.2. The van der Waals surface area contributed by atoms with E-state index in [1.807, 2.05) is 0 Å². The van der Waals surface area contributed by atoms with Crippen LogP contribution in [0.1, 0.15) is 23.4 Å². The van der Waals surface area contributed by atoms with Crippen molar-refractivity contribution in [2.24, 2.45) is 5.14 Å². The van der Waals surface area contributed by atoms with Crippen LogP contribution in [-0.2, 0) is 10.0 Å². The SMILES string of the molecule is NS(=O)(=O)c1ccc(-c2ccc(C(=O)N3CCCC3)o2)cc1. The molecule has 1 aliphatic heterocycles. The van der Waals surface area contributed by atoms with Crippen LogP contribution in [-0.4, -0.2) is 32.3 Å². The number of amides is 1. The van der Waals surface area contributed by atoms with E-state index in [0.717, 1.165) is 25.9 Å². The summed E-state index contributed by atoms with van der Waals surface area (Å²) in [4.78, 5) is 14.0. The third kappa shape index (κ3) is 2.90. The van der Waals surface area contributed by atoms with Crippen molar-refractivity contribution in [1.82, 2.24) is 4.90 Å². The molecule has 0 aliphatic carbocycles. The van der Waals surface area contributed by atoms with E-state index in [2.05, 4.69) is 0 Å². The Kier molecular flexibility index (Phi) is 3.76. The van der Waals surface area contributed by atoms with Gasteiger partial charge in [-0.15, -0.1) is 0 Å². The maximum absolute atomic E-state index is 12.2. The Hall–Kier alpha value is -2.12. The number of carbonyl (C=O) groups excluding carboxylic acids is 1. The molecule has 1 aromatic carbocycles. The lowest BCUT2D eigenvalue weighted by molar-refractivity contribution is 0.0762. The highest BCUT2D eigenvalue weighted by molar-refractivity contribution is 7.89. The van der Waals surface area contributed by atoms with Crippen LogP contribution in [0.3, 0.4) is 0 Å². The zero-order valence-electron chi connectivity index (χ0n) is 11.9. The number of nitrogens with zero attached hydrogens (tertiary/aromatic N) is 1. The summed E-state index contributed by atoms with van der Waals surface area (Å²) >= 11 is 0. The number of sulfonamides is 1. The summed E-state index contributed by atoms with van der Waals surface area (Å²) in [6.07, 6.45) is 2.04. The minimum atomic E-state index is -3.71. The van der Waals surface area contributed by atoms with E-state index in [0.29, 0.717) is 17.1 Å². The van der Waals surface area contributed by atoms with Crippen molar-refractivity contribution in [2.45, 2.75) is 17.7 Å². The molecule has 1 aromatic heterocycles. The molecule has 1 fully saturated rings. The molecule has 1 aliphatic rings. The summed E-state index contributed by atoms with van der Waals surface area (Å²) in [5.74, 6) is 0.709. The summed E-state index contributed by atoms with van der Waals surface area (Å²) < 4.78 is 28.0. The van der Waals surface area contributed by atoms with E-state index >= 15 is 0 Å². The third-order valence-corrected chi connectivity index (χ3v) is 4.61. The summed E-state index contributed by atoms with van der Waals surface area (Å²) in [6, 6.07) is 9.37. The fourth-order valence-corrected chi connectivity index (χ4v) is 3.01. The Morgan fingerprint density at radius 3 is 2.27 bits per heavy atom. The van der Waals surface area contributed by atoms with Crippen LogP contribution in [0.25, 0.3) is 11.3 Å².